The van der Waals surface area contributed by atoms with Gasteiger partial charge in [-0.15, -0.1) is 0 Å². The predicted octanol–water partition coefficient (Wildman–Crippen LogP) is 2.51. The van der Waals surface area contributed by atoms with Crippen LogP contribution in [0.25, 0.3) is 0 Å². The molecule has 2 rings (SSSR count). The van der Waals surface area contributed by atoms with E-state index in [1.807, 2.05) is 18.2 Å². The molecule has 1 unspecified atom stereocenters. The molecule has 2 nitrogen and oxygen atoms in total. The van der Waals surface area contributed by atoms with E-state index in [1.165, 1.54) is 18.4 Å². The average Bonchev–Trinajstić information content (AvgIpc) is 3.02. The normalized spacial score (nSPS) is 17.4. The summed E-state index contributed by atoms with van der Waals surface area (Å²) in [4.78, 5) is 0. The third kappa shape index (κ3) is 1.94. The minimum Gasteiger partial charge on any atom is -0.387 e. The molecular weight excluding hydrogens is 174 g/mol. The lowest BCUT2D eigenvalue weighted by Gasteiger charge is -2.07. The molecule has 0 saturated heterocycles. The van der Waals surface area contributed by atoms with E-state index in [9.17, 15) is 5.11 Å². The third-order valence-corrected chi connectivity index (χ3v) is 2.65. The van der Waals surface area contributed by atoms with Crippen LogP contribution in [0.2, 0.25) is 0 Å². The molecule has 0 spiro atoms. The van der Waals surface area contributed by atoms with Crippen molar-refractivity contribution in [2.75, 3.05) is 0 Å². The van der Waals surface area contributed by atoms with Crippen LogP contribution >= 0.6 is 0 Å². The molecule has 0 radical (unpaired) electrons. The van der Waals surface area contributed by atoms with Gasteiger partial charge in [-0.2, -0.15) is 5.26 Å². The van der Waals surface area contributed by atoms with Gasteiger partial charge in [-0.3, -0.25) is 0 Å². The zero-order valence-corrected chi connectivity index (χ0v) is 7.98. The molecule has 1 fully saturated rings. The van der Waals surface area contributed by atoms with Crippen molar-refractivity contribution in [1.29, 1.82) is 5.26 Å². The molecule has 72 valence electrons. The number of aliphatic hydroxyl groups excluding tert-OH is 1. The van der Waals surface area contributed by atoms with E-state index < -0.39 is 6.10 Å². The van der Waals surface area contributed by atoms with E-state index in [0.717, 1.165) is 11.5 Å². The van der Waals surface area contributed by atoms with Gasteiger partial charge in [-0.05, 0) is 29.9 Å². The van der Waals surface area contributed by atoms with Gasteiger partial charge >= 0.3 is 0 Å². The Morgan fingerprint density at radius 2 is 2.00 bits per heavy atom. The number of nitrogens with zero attached hydrogens (tertiary/aromatic N) is 1. The van der Waals surface area contributed by atoms with Gasteiger partial charge in [0, 0.05) is 0 Å². The first-order valence-electron chi connectivity index (χ1n) is 4.96. The Labute approximate surface area is 83.8 Å². The van der Waals surface area contributed by atoms with E-state index >= 15 is 0 Å². The Hall–Kier alpha value is -1.33. The van der Waals surface area contributed by atoms with E-state index in [4.69, 9.17) is 5.26 Å². The zero-order chi connectivity index (χ0) is 9.97. The Kier molecular flexibility index (Phi) is 2.51. The minimum absolute atomic E-state index is 0.169. The highest BCUT2D eigenvalue weighted by Gasteiger charge is 2.23. The lowest BCUT2D eigenvalue weighted by Crippen LogP contribution is -1.95. The maximum Gasteiger partial charge on any atom is 0.0919 e. The van der Waals surface area contributed by atoms with Crippen molar-refractivity contribution in [2.45, 2.75) is 31.3 Å². The highest BCUT2D eigenvalue weighted by atomic mass is 16.3. The van der Waals surface area contributed by atoms with Crippen molar-refractivity contribution >= 4 is 0 Å². The van der Waals surface area contributed by atoms with Gasteiger partial charge in [0.2, 0.25) is 0 Å². The summed E-state index contributed by atoms with van der Waals surface area (Å²) in [6.07, 6.45) is 2.12. The molecule has 14 heavy (non-hydrogen) atoms. The Balaban J connectivity index is 2.09. The van der Waals surface area contributed by atoms with Crippen molar-refractivity contribution in [3.05, 3.63) is 35.4 Å². The molecule has 1 saturated carbocycles. The first-order valence-corrected chi connectivity index (χ1v) is 4.96. The number of rotatable bonds is 3. The molecule has 0 aromatic heterocycles. The lowest BCUT2D eigenvalue weighted by atomic mass is 10.0. The molecular formula is C12H13NO. The smallest absolute Gasteiger partial charge is 0.0919 e. The SMILES string of the molecule is N#CCC(O)c1ccc(C2CC2)cc1. The van der Waals surface area contributed by atoms with Crippen LogP contribution < -0.4 is 0 Å². The van der Waals surface area contributed by atoms with Crippen LogP contribution in [-0.4, -0.2) is 5.11 Å². The van der Waals surface area contributed by atoms with Crippen LogP contribution in [0, 0.1) is 11.3 Å². The molecule has 1 aromatic rings. The topological polar surface area (TPSA) is 44.0 Å². The first kappa shape index (κ1) is 9.23. The number of hydrogen-bond acceptors (Lipinski definition) is 2. The van der Waals surface area contributed by atoms with Crippen molar-refractivity contribution in [1.82, 2.24) is 0 Å². The maximum absolute atomic E-state index is 9.54. The van der Waals surface area contributed by atoms with Crippen molar-refractivity contribution in [2.24, 2.45) is 0 Å². The standard InChI is InChI=1S/C12H13NO/c13-8-7-12(14)11-5-3-10(4-6-11)9-1-2-9/h3-6,9,12,14H,1-2,7H2. The van der Waals surface area contributed by atoms with E-state index in [2.05, 4.69) is 12.1 Å². The minimum atomic E-state index is -0.631. The van der Waals surface area contributed by atoms with Crippen molar-refractivity contribution in [3.8, 4) is 6.07 Å². The van der Waals surface area contributed by atoms with E-state index in [0.29, 0.717) is 0 Å². The summed E-state index contributed by atoms with van der Waals surface area (Å²) in [5.41, 5.74) is 2.20. The number of hydrogen-bond donors (Lipinski definition) is 1. The quantitative estimate of drug-likeness (QED) is 0.790. The predicted molar refractivity (Wildman–Crippen MR) is 53.6 cm³/mol. The molecule has 1 aliphatic rings. The lowest BCUT2D eigenvalue weighted by molar-refractivity contribution is 0.183. The summed E-state index contributed by atoms with van der Waals surface area (Å²) in [6.45, 7) is 0. The van der Waals surface area contributed by atoms with Crippen LogP contribution in [0.15, 0.2) is 24.3 Å². The number of aliphatic hydroxyl groups is 1. The van der Waals surface area contributed by atoms with Crippen LogP contribution in [0.3, 0.4) is 0 Å². The highest BCUT2D eigenvalue weighted by molar-refractivity contribution is 5.29. The van der Waals surface area contributed by atoms with Gasteiger partial charge in [0.15, 0.2) is 0 Å². The Morgan fingerprint density at radius 1 is 1.36 bits per heavy atom. The number of nitriles is 1. The summed E-state index contributed by atoms with van der Waals surface area (Å²) in [5.74, 6) is 0.747. The van der Waals surface area contributed by atoms with Crippen molar-refractivity contribution in [3.63, 3.8) is 0 Å². The highest BCUT2D eigenvalue weighted by Crippen LogP contribution is 2.40. The number of benzene rings is 1. The Bertz CT molecular complexity index is 346. The first-order chi connectivity index (χ1) is 6.81. The van der Waals surface area contributed by atoms with Crippen LogP contribution in [0.5, 0.6) is 0 Å². The second-order valence-electron chi connectivity index (χ2n) is 3.82. The summed E-state index contributed by atoms with van der Waals surface area (Å²) in [7, 11) is 0. The van der Waals surface area contributed by atoms with Gasteiger partial charge in [0.1, 0.15) is 0 Å². The molecule has 2 heteroatoms. The third-order valence-electron chi connectivity index (χ3n) is 2.65. The summed E-state index contributed by atoms with van der Waals surface area (Å²) in [5, 5.41) is 18.0. The van der Waals surface area contributed by atoms with E-state index in [-0.39, 0.29) is 6.42 Å². The Morgan fingerprint density at radius 3 is 2.50 bits per heavy atom. The van der Waals surface area contributed by atoms with Crippen LogP contribution in [-0.2, 0) is 0 Å². The second kappa shape index (κ2) is 3.81. The van der Waals surface area contributed by atoms with Crippen LogP contribution in [0.4, 0.5) is 0 Å². The summed E-state index contributed by atoms with van der Waals surface area (Å²) in [6, 6.07) is 9.94. The molecule has 0 amide bonds. The van der Waals surface area contributed by atoms with Gasteiger partial charge in [-0.25, -0.2) is 0 Å². The van der Waals surface area contributed by atoms with Gasteiger partial charge in [0.25, 0.3) is 0 Å². The average molecular weight is 187 g/mol. The van der Waals surface area contributed by atoms with Gasteiger partial charge < -0.3 is 5.11 Å². The molecule has 0 heterocycles. The van der Waals surface area contributed by atoms with Crippen molar-refractivity contribution < 1.29 is 5.11 Å². The molecule has 1 aliphatic carbocycles. The zero-order valence-electron chi connectivity index (χ0n) is 7.98. The fourth-order valence-corrected chi connectivity index (χ4v) is 1.61. The fourth-order valence-electron chi connectivity index (χ4n) is 1.61. The second-order valence-corrected chi connectivity index (χ2v) is 3.82. The fraction of sp³-hybridized carbons (Fsp3) is 0.417. The van der Waals surface area contributed by atoms with Gasteiger partial charge in [-0.1, -0.05) is 24.3 Å². The van der Waals surface area contributed by atoms with E-state index in [1.54, 1.807) is 0 Å². The monoisotopic (exact) mass is 187 g/mol. The molecule has 1 N–H and O–H groups in total. The molecule has 1 atom stereocenters. The molecule has 0 aliphatic heterocycles. The molecule has 0 bridgehead atoms. The summed E-state index contributed by atoms with van der Waals surface area (Å²) < 4.78 is 0. The van der Waals surface area contributed by atoms with Gasteiger partial charge in [0.05, 0.1) is 18.6 Å². The van der Waals surface area contributed by atoms with Crippen LogP contribution in [0.1, 0.15) is 42.4 Å². The molecule has 1 aromatic carbocycles. The summed E-state index contributed by atoms with van der Waals surface area (Å²) >= 11 is 0. The largest absolute Gasteiger partial charge is 0.387 e. The maximum atomic E-state index is 9.54.